The van der Waals surface area contributed by atoms with Crippen LogP contribution in [0.3, 0.4) is 0 Å². The highest BCUT2D eigenvalue weighted by atomic mass is 16.5. The maximum absolute atomic E-state index is 13.4. The first-order chi connectivity index (χ1) is 23.8. The minimum atomic E-state index is -0.682. The van der Waals surface area contributed by atoms with E-state index in [1.54, 1.807) is 0 Å². The van der Waals surface area contributed by atoms with Gasteiger partial charge in [-0.15, -0.1) is 0 Å². The van der Waals surface area contributed by atoms with Crippen LogP contribution in [0.4, 0.5) is 0 Å². The highest BCUT2D eigenvalue weighted by molar-refractivity contribution is 6.10. The van der Waals surface area contributed by atoms with Gasteiger partial charge in [0, 0.05) is 12.4 Å². The van der Waals surface area contributed by atoms with Crippen LogP contribution < -0.4 is 0 Å². The van der Waals surface area contributed by atoms with E-state index < -0.39 is 24.0 Å². The maximum atomic E-state index is 13.4. The van der Waals surface area contributed by atoms with Crippen LogP contribution in [0.5, 0.6) is 0 Å². The zero-order valence-electron chi connectivity index (χ0n) is 31.3. The Bertz CT molecular complexity index is 1490. The Balaban J connectivity index is 1.87. The van der Waals surface area contributed by atoms with Crippen LogP contribution in [0.15, 0.2) is 56.9 Å². The highest BCUT2D eigenvalue weighted by Crippen LogP contribution is 2.42. The predicted octanol–water partition coefficient (Wildman–Crippen LogP) is 9.88. The number of ether oxygens (including phenoxy) is 2. The third-order valence-corrected chi connectivity index (χ3v) is 9.97. The van der Waals surface area contributed by atoms with Gasteiger partial charge in [-0.1, -0.05) is 48.2 Å². The van der Waals surface area contributed by atoms with Crippen molar-refractivity contribution in [1.82, 2.24) is 0 Å². The number of rotatable bonds is 11. The zero-order chi connectivity index (χ0) is 36.5. The van der Waals surface area contributed by atoms with Crippen molar-refractivity contribution in [3.8, 4) is 0 Å². The molecule has 50 heavy (non-hydrogen) atoms. The molecule has 2 atom stereocenters. The minimum absolute atomic E-state index is 0.00841. The number of nitrogens with zero attached hydrogens (tertiary/aromatic N) is 2. The molecule has 2 N–H and O–H groups in total. The molecule has 8 nitrogen and oxygen atoms in total. The first kappa shape index (κ1) is 38.6. The highest BCUT2D eigenvalue weighted by Gasteiger charge is 2.31. The van der Waals surface area contributed by atoms with Crippen molar-refractivity contribution in [2.75, 3.05) is 0 Å². The summed E-state index contributed by atoms with van der Waals surface area (Å²) in [6.07, 6.45) is 11.9. The van der Waals surface area contributed by atoms with Crippen LogP contribution >= 0.6 is 0 Å². The summed E-state index contributed by atoms with van der Waals surface area (Å²) in [5.74, 6) is -1.57. The molecule has 2 saturated carbocycles. The number of aliphatic hydroxyl groups is 2. The van der Waals surface area contributed by atoms with Gasteiger partial charge >= 0.3 is 11.9 Å². The number of hydrogen-bond acceptors (Lipinski definition) is 8. The molecule has 4 rings (SSSR count). The Labute approximate surface area is 298 Å². The molecule has 0 bridgehead atoms. The normalized spacial score (nSPS) is 18.5. The Hall–Kier alpha value is -4.20. The molecule has 0 aromatic heterocycles. The van der Waals surface area contributed by atoms with Gasteiger partial charge in [-0.3, -0.25) is 9.98 Å². The van der Waals surface area contributed by atoms with Crippen molar-refractivity contribution < 1.29 is 29.3 Å². The molecule has 2 aliphatic carbocycles. The van der Waals surface area contributed by atoms with E-state index in [-0.39, 0.29) is 34.9 Å². The van der Waals surface area contributed by atoms with Gasteiger partial charge in [0.25, 0.3) is 0 Å². The Morgan fingerprint density at radius 2 is 0.900 bits per heavy atom. The van der Waals surface area contributed by atoms with Crippen LogP contribution in [0, 0.1) is 41.5 Å². The zero-order valence-corrected chi connectivity index (χ0v) is 31.3. The van der Waals surface area contributed by atoms with E-state index in [0.29, 0.717) is 0 Å². The fourth-order valence-corrected chi connectivity index (χ4v) is 7.64. The summed E-state index contributed by atoms with van der Waals surface area (Å²) in [6.45, 7) is 15.1. The van der Waals surface area contributed by atoms with Gasteiger partial charge in [-0.05, 0) is 140 Å². The van der Waals surface area contributed by atoms with E-state index in [0.717, 1.165) is 109 Å². The summed E-state index contributed by atoms with van der Waals surface area (Å²) in [5, 5.41) is 21.4. The van der Waals surface area contributed by atoms with Crippen molar-refractivity contribution in [3.05, 3.63) is 91.4 Å². The van der Waals surface area contributed by atoms with E-state index in [1.165, 1.54) is 26.3 Å². The number of benzene rings is 2. The monoisotopic (exact) mass is 684 g/mol. The van der Waals surface area contributed by atoms with Crippen molar-refractivity contribution in [2.45, 2.75) is 144 Å². The molecule has 0 heterocycles. The number of aliphatic hydroxyl groups excluding tert-OH is 2. The molecule has 270 valence electrons. The molecule has 2 aliphatic rings. The van der Waals surface area contributed by atoms with Crippen LogP contribution in [0.2, 0.25) is 0 Å². The molecule has 2 fully saturated rings. The number of aryl methyl sites for hydroxylation is 6. The van der Waals surface area contributed by atoms with E-state index in [4.69, 9.17) is 19.5 Å². The Kier molecular flexibility index (Phi) is 13.6. The lowest BCUT2D eigenvalue weighted by atomic mass is 9.84. The molecule has 2 aromatic carbocycles. The summed E-state index contributed by atoms with van der Waals surface area (Å²) in [5.41, 5.74) is 8.00. The van der Waals surface area contributed by atoms with Crippen molar-refractivity contribution >= 4 is 24.4 Å². The number of hydrogen-bond donors (Lipinski definition) is 2. The van der Waals surface area contributed by atoms with Crippen LogP contribution in [-0.2, 0) is 19.1 Å². The second-order valence-electron chi connectivity index (χ2n) is 14.4. The molecular weight excluding hydrogens is 628 g/mol. The van der Waals surface area contributed by atoms with Crippen molar-refractivity contribution in [3.63, 3.8) is 0 Å². The van der Waals surface area contributed by atoms with Gasteiger partial charge in [0.15, 0.2) is 0 Å². The van der Waals surface area contributed by atoms with Gasteiger partial charge in [0.1, 0.15) is 47.0 Å². The van der Waals surface area contributed by atoms with E-state index in [9.17, 15) is 19.8 Å². The predicted molar refractivity (Wildman–Crippen MR) is 200 cm³/mol. The van der Waals surface area contributed by atoms with E-state index >= 15 is 0 Å². The number of allylic oxidation sites excluding steroid dienone is 2. The third-order valence-electron chi connectivity index (χ3n) is 9.97. The lowest BCUT2D eigenvalue weighted by Gasteiger charge is -2.28. The Morgan fingerprint density at radius 1 is 0.600 bits per heavy atom. The van der Waals surface area contributed by atoms with Crippen molar-refractivity contribution in [2.24, 2.45) is 9.98 Å². The topological polar surface area (TPSA) is 118 Å². The first-order valence-corrected chi connectivity index (χ1v) is 18.2. The fourth-order valence-electron chi connectivity index (χ4n) is 7.64. The van der Waals surface area contributed by atoms with Gasteiger partial charge < -0.3 is 19.7 Å². The van der Waals surface area contributed by atoms with Gasteiger partial charge in [0.2, 0.25) is 0 Å². The quantitative estimate of drug-likeness (QED) is 0.105. The second kappa shape index (κ2) is 17.6. The molecule has 8 heteroatoms. The average molecular weight is 685 g/mol. The summed E-state index contributed by atoms with van der Waals surface area (Å²) >= 11 is 0. The first-order valence-electron chi connectivity index (χ1n) is 18.2. The average Bonchev–Trinajstić information content (AvgIpc) is 3.03. The van der Waals surface area contributed by atoms with Crippen LogP contribution in [-0.4, -0.2) is 46.8 Å². The van der Waals surface area contributed by atoms with E-state index in [1.807, 2.05) is 41.5 Å². The Morgan fingerprint density at radius 3 is 1.18 bits per heavy atom. The van der Waals surface area contributed by atoms with Gasteiger partial charge in [0.05, 0.1) is 0 Å². The fraction of sp³-hybridized carbons (Fsp3) is 0.524. The van der Waals surface area contributed by atoms with Gasteiger partial charge in [-0.25, -0.2) is 9.59 Å². The molecule has 0 unspecified atom stereocenters. The van der Waals surface area contributed by atoms with E-state index in [2.05, 4.69) is 24.3 Å². The standard InChI is InChI=1S/C42H56N2O6/c1-25-19-27(3)37(28(4)20-25)39(43-23-35(31(7)45)41(47)49-33-15-11-9-12-16-33)40(38-29(5)21-26(2)22-30(38)6)44-24-36(32(8)46)42(48)50-34-17-13-10-14-18-34/h19-24,33-34,39-40,45-46H,9-18H2,1-8H3/b35-31+,36-32+,43-23?,44-24?/t39-,40-/m0/s1. The van der Waals surface area contributed by atoms with Crippen LogP contribution in [0.25, 0.3) is 0 Å². The molecule has 0 spiro atoms. The lowest BCUT2D eigenvalue weighted by Crippen LogP contribution is -2.23. The smallest absolute Gasteiger partial charge is 0.343 e. The maximum Gasteiger partial charge on any atom is 0.343 e. The summed E-state index contributed by atoms with van der Waals surface area (Å²) in [7, 11) is 0. The lowest BCUT2D eigenvalue weighted by molar-refractivity contribution is -0.146. The molecule has 2 aromatic rings. The summed E-state index contributed by atoms with van der Waals surface area (Å²) in [6, 6.07) is 7.01. The molecule has 0 amide bonds. The molecule has 0 aliphatic heterocycles. The van der Waals surface area contributed by atoms with Crippen molar-refractivity contribution in [1.29, 1.82) is 0 Å². The van der Waals surface area contributed by atoms with Gasteiger partial charge in [-0.2, -0.15) is 0 Å². The summed E-state index contributed by atoms with van der Waals surface area (Å²) in [4.78, 5) is 37.0. The molecular formula is C42H56N2O6. The number of esters is 2. The number of aliphatic imine (C=N–C) groups is 2. The molecule has 0 saturated heterocycles. The third kappa shape index (κ3) is 9.95. The molecule has 0 radical (unpaired) electrons. The summed E-state index contributed by atoms with van der Waals surface area (Å²) < 4.78 is 11.7. The SMILES string of the molecule is C/C(O)=C(/C=N[C@@H](c1c(C)cc(C)cc1C)[C@@H](N=C/C(C(=O)OC1CCCCC1)=C(/C)O)c1c(C)cc(C)cc1C)C(=O)OC1CCCCC1. The largest absolute Gasteiger partial charge is 0.512 e. The number of carbonyl (C=O) groups excluding carboxylic acids is 2. The van der Waals surface area contributed by atoms with Crippen LogP contribution in [0.1, 0.15) is 135 Å². The second-order valence-corrected chi connectivity index (χ2v) is 14.4. The minimum Gasteiger partial charge on any atom is -0.512 e. The number of carbonyl (C=O) groups is 2.